The Hall–Kier alpha value is -2.97. The minimum Gasteiger partial charge on any atom is -0.497 e. The molecule has 0 radical (unpaired) electrons. The van der Waals surface area contributed by atoms with Gasteiger partial charge in [0.1, 0.15) is 11.3 Å². The van der Waals surface area contributed by atoms with Crippen molar-refractivity contribution in [2.75, 3.05) is 12.0 Å². The van der Waals surface area contributed by atoms with E-state index < -0.39 is 6.04 Å². The van der Waals surface area contributed by atoms with E-state index in [0.717, 1.165) is 10.0 Å². The molecule has 1 amide bonds. The number of nitrogens with zero attached hydrogens (tertiary/aromatic N) is 2. The van der Waals surface area contributed by atoms with Gasteiger partial charge in [-0.25, -0.2) is 4.98 Å². The lowest BCUT2D eigenvalue weighted by molar-refractivity contribution is 0.0971. The van der Waals surface area contributed by atoms with Gasteiger partial charge in [0.2, 0.25) is 5.76 Å². The summed E-state index contributed by atoms with van der Waals surface area (Å²) in [5, 5.41) is 2.72. The van der Waals surface area contributed by atoms with E-state index in [-0.39, 0.29) is 17.1 Å². The summed E-state index contributed by atoms with van der Waals surface area (Å²) in [6.07, 6.45) is 1.63. The van der Waals surface area contributed by atoms with Crippen LogP contribution in [0, 0.1) is 0 Å². The molecule has 0 saturated heterocycles. The Morgan fingerprint density at radius 3 is 2.66 bits per heavy atom. The second-order valence-corrected chi connectivity index (χ2v) is 8.27. The van der Waals surface area contributed by atoms with Crippen LogP contribution in [0.15, 0.2) is 67.7 Å². The third kappa shape index (κ3) is 2.79. The summed E-state index contributed by atoms with van der Waals surface area (Å²) < 4.78 is 11.9. The Bertz CT molecular complexity index is 1300. The molecule has 2 aromatic heterocycles. The first-order valence-electron chi connectivity index (χ1n) is 8.71. The van der Waals surface area contributed by atoms with Gasteiger partial charge in [-0.15, -0.1) is 11.3 Å². The average Bonchev–Trinajstić information content (AvgIpc) is 3.35. The highest BCUT2D eigenvalue weighted by Crippen LogP contribution is 2.42. The Morgan fingerprint density at radius 1 is 1.17 bits per heavy atom. The molecule has 1 aliphatic heterocycles. The van der Waals surface area contributed by atoms with E-state index in [1.54, 1.807) is 49.0 Å². The highest BCUT2D eigenvalue weighted by molar-refractivity contribution is 9.10. The Kier molecular flexibility index (Phi) is 4.25. The molecule has 1 atom stereocenters. The Balaban J connectivity index is 1.80. The minimum absolute atomic E-state index is 0.0563. The van der Waals surface area contributed by atoms with Gasteiger partial charge in [-0.05, 0) is 35.9 Å². The highest BCUT2D eigenvalue weighted by atomic mass is 79.9. The molecule has 6 nitrogen and oxygen atoms in total. The second-order valence-electron chi connectivity index (χ2n) is 6.48. The summed E-state index contributed by atoms with van der Waals surface area (Å²) >= 11 is 4.73. The van der Waals surface area contributed by atoms with Crippen LogP contribution in [-0.4, -0.2) is 18.0 Å². The predicted octanol–water partition coefficient (Wildman–Crippen LogP) is 4.77. The SMILES string of the molecule is COc1ccc(C2c3c(oc4ccc(Br)cc4c3=O)C(=O)N2c2nccs2)cc1. The summed E-state index contributed by atoms with van der Waals surface area (Å²) in [5.41, 5.74) is 1.24. The van der Waals surface area contributed by atoms with Gasteiger partial charge < -0.3 is 9.15 Å². The van der Waals surface area contributed by atoms with Crippen LogP contribution in [0.5, 0.6) is 5.75 Å². The van der Waals surface area contributed by atoms with Crippen molar-refractivity contribution in [2.45, 2.75) is 6.04 Å². The molecule has 144 valence electrons. The number of carbonyl (C=O) groups is 1. The van der Waals surface area contributed by atoms with Gasteiger partial charge in [0.05, 0.1) is 24.1 Å². The Morgan fingerprint density at radius 2 is 1.97 bits per heavy atom. The van der Waals surface area contributed by atoms with Gasteiger partial charge in [-0.1, -0.05) is 28.1 Å². The number of halogens is 1. The molecule has 1 unspecified atom stereocenters. The highest BCUT2D eigenvalue weighted by Gasteiger charge is 2.44. The first-order valence-corrected chi connectivity index (χ1v) is 10.4. The molecule has 0 N–H and O–H groups in total. The van der Waals surface area contributed by atoms with Crippen LogP contribution in [-0.2, 0) is 0 Å². The van der Waals surface area contributed by atoms with Crippen molar-refractivity contribution in [1.29, 1.82) is 0 Å². The summed E-state index contributed by atoms with van der Waals surface area (Å²) in [7, 11) is 1.59. The number of thiazole rings is 1. The largest absolute Gasteiger partial charge is 0.497 e. The topological polar surface area (TPSA) is 72.6 Å². The number of hydrogen-bond acceptors (Lipinski definition) is 6. The normalized spacial score (nSPS) is 15.7. The third-order valence-corrected chi connectivity index (χ3v) is 6.15. The molecular weight excluding hydrogens is 456 g/mol. The van der Waals surface area contributed by atoms with E-state index in [1.165, 1.54) is 16.2 Å². The van der Waals surface area contributed by atoms with E-state index in [0.29, 0.717) is 27.4 Å². The maximum Gasteiger partial charge on any atom is 0.297 e. The molecule has 0 aliphatic carbocycles. The lowest BCUT2D eigenvalue weighted by Gasteiger charge is -2.22. The molecule has 1 aliphatic rings. The number of rotatable bonds is 3. The first kappa shape index (κ1) is 18.1. The van der Waals surface area contributed by atoms with Crippen LogP contribution >= 0.6 is 27.3 Å². The number of aromatic nitrogens is 1. The van der Waals surface area contributed by atoms with Crippen LogP contribution in [0.4, 0.5) is 5.13 Å². The van der Waals surface area contributed by atoms with Gasteiger partial charge in [0.15, 0.2) is 10.6 Å². The first-order chi connectivity index (χ1) is 14.1. The van der Waals surface area contributed by atoms with Crippen molar-refractivity contribution >= 4 is 49.3 Å². The van der Waals surface area contributed by atoms with Crippen LogP contribution in [0.2, 0.25) is 0 Å². The minimum atomic E-state index is -0.630. The molecule has 0 bridgehead atoms. The lowest BCUT2D eigenvalue weighted by Crippen LogP contribution is -2.29. The van der Waals surface area contributed by atoms with E-state index in [1.807, 2.05) is 12.1 Å². The number of amides is 1. The van der Waals surface area contributed by atoms with Gasteiger partial charge in [-0.3, -0.25) is 14.5 Å². The van der Waals surface area contributed by atoms with Crippen molar-refractivity contribution in [3.8, 4) is 5.75 Å². The maximum absolute atomic E-state index is 13.4. The molecule has 2 aromatic carbocycles. The van der Waals surface area contributed by atoms with Crippen LogP contribution in [0.1, 0.15) is 27.7 Å². The number of hydrogen-bond donors (Lipinski definition) is 0. The number of methoxy groups -OCH3 is 1. The van der Waals surface area contributed by atoms with Gasteiger partial charge in [0.25, 0.3) is 5.91 Å². The molecule has 29 heavy (non-hydrogen) atoms. The molecule has 0 saturated carbocycles. The lowest BCUT2D eigenvalue weighted by atomic mass is 9.98. The predicted molar refractivity (Wildman–Crippen MR) is 114 cm³/mol. The van der Waals surface area contributed by atoms with Crippen molar-refractivity contribution in [3.63, 3.8) is 0 Å². The van der Waals surface area contributed by atoms with Gasteiger partial charge in [-0.2, -0.15) is 0 Å². The van der Waals surface area contributed by atoms with Crippen LogP contribution in [0.3, 0.4) is 0 Å². The second kappa shape index (κ2) is 6.82. The fourth-order valence-corrected chi connectivity index (χ4v) is 4.61. The van der Waals surface area contributed by atoms with E-state index in [2.05, 4.69) is 20.9 Å². The summed E-state index contributed by atoms with van der Waals surface area (Å²) in [6.45, 7) is 0. The van der Waals surface area contributed by atoms with Crippen molar-refractivity contribution in [1.82, 2.24) is 4.98 Å². The fourth-order valence-electron chi connectivity index (χ4n) is 3.58. The zero-order valence-corrected chi connectivity index (χ0v) is 17.5. The van der Waals surface area contributed by atoms with E-state index in [9.17, 15) is 9.59 Å². The smallest absolute Gasteiger partial charge is 0.297 e. The number of carbonyl (C=O) groups excluding carboxylic acids is 1. The molecule has 8 heteroatoms. The number of fused-ring (bicyclic) bond motifs is 2. The summed E-state index contributed by atoms with van der Waals surface area (Å²) in [5.74, 6) is 0.368. The number of anilines is 1. The zero-order chi connectivity index (χ0) is 20.1. The molecule has 0 spiro atoms. The van der Waals surface area contributed by atoms with Crippen LogP contribution in [0.25, 0.3) is 11.0 Å². The Labute approximate surface area is 177 Å². The van der Waals surface area contributed by atoms with Crippen LogP contribution < -0.4 is 15.1 Å². The number of benzene rings is 2. The zero-order valence-electron chi connectivity index (χ0n) is 15.1. The monoisotopic (exact) mass is 468 g/mol. The third-order valence-electron chi connectivity index (χ3n) is 4.89. The molecule has 3 heterocycles. The fraction of sp³-hybridized carbons (Fsp3) is 0.0952. The quantitative estimate of drug-likeness (QED) is 0.432. The molecule has 4 aromatic rings. The summed E-state index contributed by atoms with van der Waals surface area (Å²) in [4.78, 5) is 32.6. The molecular formula is C21H13BrN2O4S. The van der Waals surface area contributed by atoms with Crippen molar-refractivity contribution in [2.24, 2.45) is 0 Å². The van der Waals surface area contributed by atoms with Crippen molar-refractivity contribution < 1.29 is 13.9 Å². The average molecular weight is 469 g/mol. The molecule has 0 fully saturated rings. The summed E-state index contributed by atoms with van der Waals surface area (Å²) in [6, 6.07) is 11.8. The van der Waals surface area contributed by atoms with Gasteiger partial charge in [0, 0.05) is 16.0 Å². The molecule has 5 rings (SSSR count). The van der Waals surface area contributed by atoms with E-state index >= 15 is 0 Å². The standard InChI is InChI=1S/C21H13BrN2O4S/c1-27-13-5-2-11(3-6-13)17-16-18(25)14-10-12(22)4-7-15(14)28-19(16)20(26)24(17)21-23-8-9-29-21/h2-10,17H,1H3. The number of ether oxygens (including phenoxy) is 1. The maximum atomic E-state index is 13.4. The van der Waals surface area contributed by atoms with E-state index in [4.69, 9.17) is 9.15 Å². The van der Waals surface area contributed by atoms with Crippen molar-refractivity contribution in [3.05, 3.63) is 85.6 Å². The van der Waals surface area contributed by atoms with Gasteiger partial charge >= 0.3 is 0 Å².